The molecule has 0 aliphatic rings. The zero-order valence-corrected chi connectivity index (χ0v) is 36.6. The maximum absolute atomic E-state index is 13.9. The molecule has 6 aromatic rings. The molecule has 0 radical (unpaired) electrons. The van der Waals surface area contributed by atoms with Crippen molar-refractivity contribution in [1.82, 2.24) is 34.9 Å². The van der Waals surface area contributed by atoms with Crippen molar-refractivity contribution in [2.75, 3.05) is 0 Å². The number of hydrogen-bond donors (Lipinski definition) is 4. The number of halogens is 3. The van der Waals surface area contributed by atoms with Crippen molar-refractivity contribution < 1.29 is 152 Å². The van der Waals surface area contributed by atoms with E-state index in [1.165, 1.54) is 0 Å². The molecule has 0 amide bonds. The maximum atomic E-state index is 13.9. The van der Waals surface area contributed by atoms with Gasteiger partial charge in [0.25, 0.3) is 36.4 Å². The number of nitrogens with zero attached hydrogens (tertiary/aromatic N) is 9. The number of fused-ring (bicyclic) bond motifs is 3. The molecule has 0 unspecified atom stereocenters. The topological polar surface area (TPSA) is 355 Å². The van der Waals surface area contributed by atoms with Crippen molar-refractivity contribution in [2.45, 2.75) is 14.7 Å². The number of H-pyrrole nitrogens is 1. The Hall–Kier alpha value is -2.84. The summed E-state index contributed by atoms with van der Waals surface area (Å²) in [5.74, 6) is -4.40. The SMILES string of the molecule is O=S(=O)(O)c1cc(-n2nc3cc(S(=O)(=O)O)c4cc(N=c5[nH]c(F)nc(F)c5Cl)cc(S(=O)(=O)O)c4c3n2)ccc1N=Nc1c([O-])nc([O-])nc1[O-].[Na+].[Na+].[Na+]. The second kappa shape index (κ2) is 16.9. The fraction of sp³-hybridized carbons (Fsp3) is 0. The minimum absolute atomic E-state index is 0. The molecule has 31 heteroatoms. The smallest absolute Gasteiger partial charge is 0.857 e. The molecule has 3 heterocycles. The molecule has 0 atom stereocenters. The van der Waals surface area contributed by atoms with E-state index in [4.69, 9.17) is 11.6 Å². The first kappa shape index (κ1) is 46.5. The van der Waals surface area contributed by atoms with Crippen molar-refractivity contribution >= 4 is 80.8 Å². The third-order valence-corrected chi connectivity index (χ3v) is 9.60. The van der Waals surface area contributed by atoms with E-state index in [-0.39, 0.29) is 94.4 Å². The van der Waals surface area contributed by atoms with Crippen LogP contribution in [0.2, 0.25) is 5.02 Å². The Morgan fingerprint density at radius 1 is 0.764 bits per heavy atom. The molecule has 22 nitrogen and oxygen atoms in total. The van der Waals surface area contributed by atoms with Crippen LogP contribution in [-0.2, 0) is 30.4 Å². The molecule has 0 saturated carbocycles. The number of benzene rings is 3. The van der Waals surface area contributed by atoms with Gasteiger partial charge in [0.05, 0.1) is 17.4 Å². The van der Waals surface area contributed by atoms with Crippen LogP contribution in [0.4, 0.5) is 25.8 Å². The third kappa shape index (κ3) is 9.66. The van der Waals surface area contributed by atoms with E-state index in [1.54, 1.807) is 0 Å². The number of hydrogen-bond acceptors (Lipinski definition) is 17. The standard InChI is InChI=1S/C24H13ClF2N10O12S3.3Na/c25-16-19(26)29-23(27)30-20(16)28-7-3-9-12(50(41,42)43)6-11-17(15(9)14(4-7)52(47,48)49)36-37(35-11)8-1-2-10(13(5-8)51(44,45)46)33-34-18-21(38)31-24(40)32-22(18)39;;;/h1-6H,(H,28,29,30)(H,41,42,43)(H,44,45,46)(H,47,48,49)(H3,31,32,38,39,40);;;/q;3*+1/p-3. The van der Waals surface area contributed by atoms with Crippen LogP contribution in [0.3, 0.4) is 0 Å². The van der Waals surface area contributed by atoms with Crippen LogP contribution >= 0.6 is 11.6 Å². The molecule has 270 valence electrons. The van der Waals surface area contributed by atoms with Gasteiger partial charge in [-0.3, -0.25) is 28.6 Å². The van der Waals surface area contributed by atoms with Gasteiger partial charge in [-0.15, -0.1) is 20.4 Å². The first-order chi connectivity index (χ1) is 24.1. The Bertz CT molecular complexity index is 2970. The van der Waals surface area contributed by atoms with Gasteiger partial charge in [0.1, 0.15) is 42.1 Å². The molecule has 3 aromatic carbocycles. The van der Waals surface area contributed by atoms with E-state index < -0.39 is 124 Å². The number of aromatic amines is 1. The first-order valence-corrected chi connectivity index (χ1v) is 17.8. The Labute approximate surface area is 375 Å². The van der Waals surface area contributed by atoms with Crippen LogP contribution in [0.25, 0.3) is 27.5 Å². The second-order valence-corrected chi connectivity index (χ2v) is 14.5. The summed E-state index contributed by atoms with van der Waals surface area (Å²) < 4.78 is 133. The van der Waals surface area contributed by atoms with Gasteiger partial charge in [0.15, 0.2) is 5.49 Å². The summed E-state index contributed by atoms with van der Waals surface area (Å²) in [5, 5.41) is 47.4. The number of azo groups is 1. The summed E-state index contributed by atoms with van der Waals surface area (Å²) in [6.07, 6.45) is -1.51. The van der Waals surface area contributed by atoms with Gasteiger partial charge in [-0.2, -0.15) is 43.8 Å². The molecule has 0 aliphatic heterocycles. The molecule has 0 spiro atoms. The molecule has 0 saturated heterocycles. The van der Waals surface area contributed by atoms with Crippen molar-refractivity contribution in [1.29, 1.82) is 0 Å². The summed E-state index contributed by atoms with van der Waals surface area (Å²) in [6.45, 7) is 0. The Morgan fingerprint density at radius 2 is 1.36 bits per heavy atom. The summed E-state index contributed by atoms with van der Waals surface area (Å²) in [6, 6.07) is 3.29. The van der Waals surface area contributed by atoms with Gasteiger partial charge in [-0.1, -0.05) is 11.6 Å². The summed E-state index contributed by atoms with van der Waals surface area (Å²) >= 11 is 5.76. The van der Waals surface area contributed by atoms with Crippen molar-refractivity contribution in [3.8, 4) is 23.5 Å². The summed E-state index contributed by atoms with van der Waals surface area (Å²) in [5.41, 5.74) is -4.47. The minimum Gasteiger partial charge on any atom is -0.857 e. The van der Waals surface area contributed by atoms with Crippen molar-refractivity contribution in [2.24, 2.45) is 15.2 Å². The number of nitrogens with one attached hydrogen (secondary N) is 1. The van der Waals surface area contributed by atoms with Gasteiger partial charge in [-0.25, -0.2) is 4.99 Å². The predicted octanol–water partition coefficient (Wildman–Crippen LogP) is -8.36. The first-order valence-electron chi connectivity index (χ1n) is 13.1. The molecule has 0 fully saturated rings. The van der Waals surface area contributed by atoms with E-state index in [1.807, 2.05) is 4.98 Å². The maximum Gasteiger partial charge on any atom is 1.00 e. The van der Waals surface area contributed by atoms with Crippen molar-refractivity contribution in [3.63, 3.8) is 0 Å². The predicted molar refractivity (Wildman–Crippen MR) is 159 cm³/mol. The Balaban J connectivity index is 0.00000271. The molecule has 3 aromatic heterocycles. The van der Waals surface area contributed by atoms with Gasteiger partial charge in [0.2, 0.25) is 5.95 Å². The van der Waals surface area contributed by atoms with Gasteiger partial charge >= 0.3 is 88.7 Å². The number of aromatic nitrogens is 7. The molecule has 6 rings (SSSR count). The van der Waals surface area contributed by atoms with Crippen molar-refractivity contribution in [3.05, 3.63) is 58.9 Å². The van der Waals surface area contributed by atoms with Crippen LogP contribution in [0.5, 0.6) is 17.8 Å². The minimum atomic E-state index is -5.37. The second-order valence-electron chi connectivity index (χ2n) is 9.93. The van der Waals surface area contributed by atoms with E-state index in [0.717, 1.165) is 18.2 Å². The molecule has 0 aliphatic carbocycles. The zero-order chi connectivity index (χ0) is 38.1. The fourth-order valence-electron chi connectivity index (χ4n) is 4.55. The molecule has 4 N–H and O–H groups in total. The van der Waals surface area contributed by atoms with Crippen LogP contribution in [0.1, 0.15) is 0 Å². The van der Waals surface area contributed by atoms with E-state index in [2.05, 4.69) is 40.4 Å². The molecule has 0 bridgehead atoms. The monoisotopic (exact) mass is 868 g/mol. The van der Waals surface area contributed by atoms with Crippen LogP contribution in [0.15, 0.2) is 66.3 Å². The van der Waals surface area contributed by atoms with Crippen LogP contribution in [-0.4, -0.2) is 73.8 Å². The quantitative estimate of drug-likeness (QED) is 0.0380. The van der Waals surface area contributed by atoms with E-state index in [9.17, 15) is 63.0 Å². The average Bonchev–Trinajstić information content (AvgIpc) is 3.45. The van der Waals surface area contributed by atoms with E-state index in [0.29, 0.717) is 23.0 Å². The number of rotatable bonds is 7. The summed E-state index contributed by atoms with van der Waals surface area (Å²) in [4.78, 5) is 11.6. The fourth-order valence-corrected chi connectivity index (χ4v) is 6.76. The largest absolute Gasteiger partial charge is 1.00 e. The third-order valence-electron chi connectivity index (χ3n) is 6.61. The van der Waals surface area contributed by atoms with E-state index >= 15 is 0 Å². The zero-order valence-electron chi connectivity index (χ0n) is 27.4. The van der Waals surface area contributed by atoms with Gasteiger partial charge < -0.3 is 15.3 Å². The molecular weight excluding hydrogens is 859 g/mol. The Morgan fingerprint density at radius 3 is 1.95 bits per heavy atom. The van der Waals surface area contributed by atoms with Gasteiger partial charge in [0, 0.05) is 22.5 Å². The van der Waals surface area contributed by atoms with Gasteiger partial charge in [-0.05, 0) is 36.4 Å². The molecular formula is C24H10ClF2N10Na3O12S3. The van der Waals surface area contributed by atoms with Crippen LogP contribution in [0, 0.1) is 12.0 Å². The average molecular weight is 869 g/mol. The summed E-state index contributed by atoms with van der Waals surface area (Å²) in [7, 11) is -15.9. The van der Waals surface area contributed by atoms with Crippen LogP contribution < -0.4 is 109 Å². The Kier molecular flexibility index (Phi) is 14.3. The normalized spacial score (nSPS) is 12.4. The molecule has 55 heavy (non-hydrogen) atoms.